The quantitative estimate of drug-likeness (QED) is 0.658. The molecule has 3 rings (SSSR count). The average Bonchev–Trinajstić information content (AvgIpc) is 2.91. The molecule has 0 amide bonds. The van der Waals surface area contributed by atoms with E-state index in [0.29, 0.717) is 5.75 Å². The smallest absolute Gasteiger partial charge is 0.285 e. The van der Waals surface area contributed by atoms with E-state index in [9.17, 15) is 12.8 Å². The topological polar surface area (TPSA) is 60.7 Å². The number of terminal acetylenes is 1. The summed E-state index contributed by atoms with van der Waals surface area (Å²) in [6.45, 7) is 0.171. The highest BCUT2D eigenvalue weighted by atomic mass is 32.2. The van der Waals surface area contributed by atoms with Gasteiger partial charge in [-0.05, 0) is 42.5 Å². The number of fused-ring (bicyclic) bond motifs is 1. The number of hydrogen-bond acceptors (Lipinski definition) is 4. The van der Waals surface area contributed by atoms with Crippen molar-refractivity contribution in [2.75, 3.05) is 7.11 Å². The van der Waals surface area contributed by atoms with Crippen molar-refractivity contribution in [2.24, 2.45) is 4.40 Å². The van der Waals surface area contributed by atoms with Crippen molar-refractivity contribution >= 4 is 31.6 Å². The van der Waals surface area contributed by atoms with Gasteiger partial charge in [0.15, 0.2) is 0 Å². The molecule has 0 atom stereocenters. The molecule has 5 nitrogen and oxygen atoms in total. The summed E-state index contributed by atoms with van der Waals surface area (Å²) in [5, 5.41) is 0. The van der Waals surface area contributed by atoms with Crippen molar-refractivity contribution in [3.05, 3.63) is 53.1 Å². The number of sulfonamides is 1. The number of thiazole rings is 1. The van der Waals surface area contributed by atoms with Crippen LogP contribution in [0.5, 0.6) is 5.75 Å². The van der Waals surface area contributed by atoms with Crippen LogP contribution in [0.25, 0.3) is 10.2 Å². The predicted molar refractivity (Wildman–Crippen MR) is 94.3 cm³/mol. The van der Waals surface area contributed by atoms with Crippen LogP contribution in [0.1, 0.15) is 0 Å². The zero-order valence-corrected chi connectivity index (χ0v) is 14.8. The molecule has 25 heavy (non-hydrogen) atoms. The van der Waals surface area contributed by atoms with Gasteiger partial charge in [0.25, 0.3) is 10.0 Å². The van der Waals surface area contributed by atoms with Gasteiger partial charge in [-0.25, -0.2) is 4.39 Å². The highest BCUT2D eigenvalue weighted by molar-refractivity contribution is 7.90. The van der Waals surface area contributed by atoms with Gasteiger partial charge < -0.3 is 9.30 Å². The predicted octanol–water partition coefficient (Wildman–Crippen LogP) is 2.77. The molecule has 0 radical (unpaired) electrons. The summed E-state index contributed by atoms with van der Waals surface area (Å²) >= 11 is 1.19. The first-order valence-corrected chi connectivity index (χ1v) is 9.37. The summed E-state index contributed by atoms with van der Waals surface area (Å²) in [6, 6.07) is 9.86. The molecule has 0 aliphatic carbocycles. The Balaban J connectivity index is 2.22. The minimum Gasteiger partial charge on any atom is -0.497 e. The van der Waals surface area contributed by atoms with E-state index in [2.05, 4.69) is 10.3 Å². The van der Waals surface area contributed by atoms with Gasteiger partial charge in [-0.3, -0.25) is 0 Å². The monoisotopic (exact) mass is 376 g/mol. The van der Waals surface area contributed by atoms with E-state index in [-0.39, 0.29) is 16.2 Å². The SMILES string of the molecule is C#CCn1/c(=N/S(=O)(=O)c2ccc(F)cc2)sc2cc(OC)ccc21. The third-order valence-corrected chi connectivity index (χ3v) is 5.89. The molecule has 1 aromatic heterocycles. The molecule has 0 N–H and O–H groups in total. The number of methoxy groups -OCH3 is 1. The molecule has 128 valence electrons. The summed E-state index contributed by atoms with van der Waals surface area (Å²) < 4.78 is 49.5. The maximum Gasteiger partial charge on any atom is 0.285 e. The number of nitrogens with zero attached hydrogens (tertiary/aromatic N) is 2. The summed E-state index contributed by atoms with van der Waals surface area (Å²) in [4.78, 5) is 0.154. The largest absolute Gasteiger partial charge is 0.497 e. The van der Waals surface area contributed by atoms with Crippen LogP contribution < -0.4 is 9.54 Å². The van der Waals surface area contributed by atoms with Crippen LogP contribution in [0.2, 0.25) is 0 Å². The molecular weight excluding hydrogens is 363 g/mol. The molecule has 0 fully saturated rings. The Morgan fingerprint density at radius 1 is 1.28 bits per heavy atom. The number of rotatable bonds is 4. The first-order chi connectivity index (χ1) is 11.9. The second-order valence-electron chi connectivity index (χ2n) is 5.03. The van der Waals surface area contributed by atoms with E-state index in [0.717, 1.165) is 22.3 Å². The van der Waals surface area contributed by atoms with E-state index in [4.69, 9.17) is 11.2 Å². The minimum absolute atomic E-state index is 0.0869. The van der Waals surface area contributed by atoms with Gasteiger partial charge in [0, 0.05) is 0 Å². The number of aromatic nitrogens is 1. The van der Waals surface area contributed by atoms with Crippen LogP contribution in [0, 0.1) is 18.2 Å². The third-order valence-electron chi connectivity index (χ3n) is 3.45. The van der Waals surface area contributed by atoms with E-state index in [1.54, 1.807) is 29.9 Å². The molecule has 0 unspecified atom stereocenters. The molecule has 0 aliphatic heterocycles. The van der Waals surface area contributed by atoms with Crippen molar-refractivity contribution in [1.82, 2.24) is 4.57 Å². The first kappa shape index (κ1) is 17.2. The van der Waals surface area contributed by atoms with Crippen molar-refractivity contribution < 1.29 is 17.5 Å². The zero-order chi connectivity index (χ0) is 18.0. The Bertz CT molecular complexity index is 1140. The molecule has 2 aromatic carbocycles. The van der Waals surface area contributed by atoms with Crippen molar-refractivity contribution in [3.8, 4) is 18.1 Å². The fourth-order valence-electron chi connectivity index (χ4n) is 2.26. The second-order valence-corrected chi connectivity index (χ2v) is 7.64. The second kappa shape index (κ2) is 6.70. The van der Waals surface area contributed by atoms with Crippen LogP contribution in [0.4, 0.5) is 4.39 Å². The Morgan fingerprint density at radius 2 is 2.00 bits per heavy atom. The molecule has 0 saturated heterocycles. The molecule has 0 spiro atoms. The molecule has 3 aromatic rings. The van der Waals surface area contributed by atoms with Crippen LogP contribution >= 0.6 is 11.3 Å². The van der Waals surface area contributed by atoms with Gasteiger partial charge in [0.05, 0.1) is 28.8 Å². The minimum atomic E-state index is -3.99. The Hall–Kier alpha value is -2.63. The molecule has 1 heterocycles. The van der Waals surface area contributed by atoms with Crippen molar-refractivity contribution in [2.45, 2.75) is 11.4 Å². The van der Waals surface area contributed by atoms with Gasteiger partial charge in [-0.2, -0.15) is 8.42 Å². The van der Waals surface area contributed by atoms with Crippen LogP contribution in [0.3, 0.4) is 0 Å². The lowest BCUT2D eigenvalue weighted by molar-refractivity contribution is 0.415. The standard InChI is InChI=1S/C17H13FN2O3S2/c1-3-10-20-15-9-6-13(23-2)11-16(15)24-17(20)19-25(21,22)14-7-4-12(18)5-8-14/h1,4-9,11H,10H2,2H3/b19-17-. The molecular formula is C17H13FN2O3S2. The fraction of sp³-hybridized carbons (Fsp3) is 0.118. The number of hydrogen-bond donors (Lipinski definition) is 0. The maximum absolute atomic E-state index is 13.0. The van der Waals surface area contributed by atoms with Gasteiger partial charge in [0.1, 0.15) is 11.6 Å². The van der Waals surface area contributed by atoms with Gasteiger partial charge in [-0.1, -0.05) is 17.3 Å². The summed E-state index contributed by atoms with van der Waals surface area (Å²) in [7, 11) is -2.44. The van der Waals surface area contributed by atoms with E-state index < -0.39 is 15.8 Å². The Labute approximate surface area is 148 Å². The lowest BCUT2D eigenvalue weighted by atomic mass is 10.3. The van der Waals surface area contributed by atoms with Crippen molar-refractivity contribution in [3.63, 3.8) is 0 Å². The third kappa shape index (κ3) is 3.43. The first-order valence-electron chi connectivity index (χ1n) is 7.12. The number of ether oxygens (including phenoxy) is 1. The lowest BCUT2D eigenvalue weighted by Gasteiger charge is -2.02. The summed E-state index contributed by atoms with van der Waals surface area (Å²) in [6.07, 6.45) is 5.40. The van der Waals surface area contributed by atoms with Crippen molar-refractivity contribution in [1.29, 1.82) is 0 Å². The number of benzene rings is 2. The Kier molecular flexibility index (Phi) is 4.61. The highest BCUT2D eigenvalue weighted by Gasteiger charge is 2.15. The Morgan fingerprint density at radius 3 is 2.64 bits per heavy atom. The zero-order valence-electron chi connectivity index (χ0n) is 13.1. The van der Waals surface area contributed by atoms with E-state index in [1.165, 1.54) is 23.5 Å². The molecule has 0 saturated carbocycles. The fourth-order valence-corrected chi connectivity index (χ4v) is 4.52. The molecule has 8 heteroatoms. The van der Waals surface area contributed by atoms with Gasteiger partial charge in [0.2, 0.25) is 4.80 Å². The van der Waals surface area contributed by atoms with Gasteiger partial charge in [-0.15, -0.1) is 10.8 Å². The molecule has 0 aliphatic rings. The highest BCUT2D eigenvalue weighted by Crippen LogP contribution is 2.23. The normalized spacial score (nSPS) is 12.3. The van der Waals surface area contributed by atoms with Crippen LogP contribution in [-0.2, 0) is 16.6 Å². The maximum atomic E-state index is 13.0. The lowest BCUT2D eigenvalue weighted by Crippen LogP contribution is -2.16. The number of halogens is 1. The summed E-state index contributed by atoms with van der Waals surface area (Å²) in [5.41, 5.74) is 0.761. The average molecular weight is 376 g/mol. The molecule has 0 bridgehead atoms. The van der Waals surface area contributed by atoms with E-state index >= 15 is 0 Å². The van der Waals surface area contributed by atoms with E-state index in [1.807, 2.05) is 0 Å². The summed E-state index contributed by atoms with van der Waals surface area (Å²) in [5.74, 6) is 2.63. The van der Waals surface area contributed by atoms with Crippen LogP contribution in [-0.4, -0.2) is 20.1 Å². The van der Waals surface area contributed by atoms with Crippen LogP contribution in [0.15, 0.2) is 51.8 Å². The van der Waals surface area contributed by atoms with Gasteiger partial charge >= 0.3 is 0 Å².